The van der Waals surface area contributed by atoms with Crippen LogP contribution in [0.1, 0.15) is 19.3 Å². The van der Waals surface area contributed by atoms with E-state index in [4.69, 9.17) is 0 Å². The first-order valence-electron chi connectivity index (χ1n) is 5.73. The molecule has 0 bridgehead atoms. The topological polar surface area (TPSA) is 55.2 Å². The van der Waals surface area contributed by atoms with Crippen LogP contribution in [0, 0.1) is 10.1 Å². The molecule has 1 aliphatic carbocycles. The predicted octanol–water partition coefficient (Wildman–Crippen LogP) is 3.29. The summed E-state index contributed by atoms with van der Waals surface area (Å²) in [6.07, 6.45) is 5.66. The van der Waals surface area contributed by atoms with E-state index in [-0.39, 0.29) is 10.6 Å². The highest BCUT2D eigenvalue weighted by molar-refractivity contribution is 7.99. The van der Waals surface area contributed by atoms with Crippen molar-refractivity contribution in [3.05, 3.63) is 34.4 Å². The third-order valence-electron chi connectivity index (χ3n) is 3.15. The molecule has 1 aromatic carbocycles. The fraction of sp³-hybridized carbons (Fsp3) is 0.500. The zero-order chi connectivity index (χ0) is 12.3. The summed E-state index contributed by atoms with van der Waals surface area (Å²) in [5.74, 6) is 0. The van der Waals surface area contributed by atoms with Crippen LogP contribution >= 0.6 is 11.8 Å². The molecular weight excluding hydrogens is 236 g/mol. The molecule has 5 heteroatoms. The van der Waals surface area contributed by atoms with Crippen molar-refractivity contribution in [1.29, 1.82) is 0 Å². The molecule has 92 valence electrons. The number of thioether (sulfide) groups is 1. The van der Waals surface area contributed by atoms with E-state index in [0.717, 1.165) is 23.8 Å². The SMILES string of the molecule is CSC1CCC(Nc2cccc([N+](=O)[O-])c2)C1. The quantitative estimate of drug-likeness (QED) is 0.660. The first-order valence-corrected chi connectivity index (χ1v) is 7.01. The largest absolute Gasteiger partial charge is 0.382 e. The zero-order valence-corrected chi connectivity index (χ0v) is 10.6. The average molecular weight is 252 g/mol. The molecule has 2 rings (SSSR count). The molecule has 0 spiro atoms. The van der Waals surface area contributed by atoms with Crippen LogP contribution in [0.15, 0.2) is 24.3 Å². The highest BCUT2D eigenvalue weighted by Gasteiger charge is 2.23. The molecular formula is C12H16N2O2S. The smallest absolute Gasteiger partial charge is 0.271 e. The van der Waals surface area contributed by atoms with Gasteiger partial charge in [0.25, 0.3) is 5.69 Å². The number of nitrogens with zero attached hydrogens (tertiary/aromatic N) is 1. The Morgan fingerprint density at radius 3 is 2.94 bits per heavy atom. The molecule has 0 heterocycles. The highest BCUT2D eigenvalue weighted by atomic mass is 32.2. The number of nitro benzene ring substituents is 1. The molecule has 0 radical (unpaired) electrons. The second-order valence-electron chi connectivity index (χ2n) is 4.32. The lowest BCUT2D eigenvalue weighted by Crippen LogP contribution is -2.15. The van der Waals surface area contributed by atoms with Crippen LogP contribution in [0.5, 0.6) is 0 Å². The van der Waals surface area contributed by atoms with Crippen molar-refractivity contribution in [3.8, 4) is 0 Å². The minimum atomic E-state index is -0.357. The minimum absolute atomic E-state index is 0.148. The fourth-order valence-corrected chi connectivity index (χ4v) is 3.03. The summed E-state index contributed by atoms with van der Waals surface area (Å²) in [5, 5.41) is 14.8. The lowest BCUT2D eigenvalue weighted by Gasteiger charge is -2.13. The van der Waals surface area contributed by atoms with Crippen LogP contribution in [-0.2, 0) is 0 Å². The number of hydrogen-bond donors (Lipinski definition) is 1. The van der Waals surface area contributed by atoms with E-state index >= 15 is 0 Å². The van der Waals surface area contributed by atoms with E-state index in [1.165, 1.54) is 12.5 Å². The average Bonchev–Trinajstić information content (AvgIpc) is 2.77. The Hall–Kier alpha value is -1.23. The van der Waals surface area contributed by atoms with Gasteiger partial charge in [0.1, 0.15) is 0 Å². The Balaban J connectivity index is 1.99. The van der Waals surface area contributed by atoms with Gasteiger partial charge >= 0.3 is 0 Å². The maximum absolute atomic E-state index is 10.7. The monoisotopic (exact) mass is 252 g/mol. The van der Waals surface area contributed by atoms with Gasteiger partial charge in [0.15, 0.2) is 0 Å². The predicted molar refractivity (Wildman–Crippen MR) is 71.7 cm³/mol. The Kier molecular flexibility index (Phi) is 3.89. The van der Waals surface area contributed by atoms with E-state index in [1.807, 2.05) is 17.8 Å². The Labute approximate surface area is 105 Å². The molecule has 1 fully saturated rings. The lowest BCUT2D eigenvalue weighted by atomic mass is 10.2. The first-order chi connectivity index (χ1) is 8.19. The molecule has 0 aliphatic heterocycles. The van der Waals surface area contributed by atoms with E-state index in [0.29, 0.717) is 6.04 Å². The van der Waals surface area contributed by atoms with Gasteiger partial charge in [0.2, 0.25) is 0 Å². The number of anilines is 1. The Morgan fingerprint density at radius 2 is 2.29 bits per heavy atom. The maximum atomic E-state index is 10.7. The number of nitro groups is 1. The van der Waals surface area contributed by atoms with Crippen LogP contribution in [0.4, 0.5) is 11.4 Å². The van der Waals surface area contributed by atoms with Crippen LogP contribution < -0.4 is 5.32 Å². The van der Waals surface area contributed by atoms with Crippen LogP contribution in [0.2, 0.25) is 0 Å². The van der Waals surface area contributed by atoms with Crippen molar-refractivity contribution in [3.63, 3.8) is 0 Å². The van der Waals surface area contributed by atoms with Gasteiger partial charge in [-0.05, 0) is 31.6 Å². The molecule has 0 amide bonds. The second kappa shape index (κ2) is 5.40. The summed E-state index contributed by atoms with van der Waals surface area (Å²) in [6, 6.07) is 7.19. The molecule has 1 aliphatic rings. The van der Waals surface area contributed by atoms with Crippen LogP contribution in [0.25, 0.3) is 0 Å². The third kappa shape index (κ3) is 3.12. The van der Waals surface area contributed by atoms with Crippen molar-refractivity contribution in [2.75, 3.05) is 11.6 Å². The van der Waals surface area contributed by atoms with Gasteiger partial charge < -0.3 is 5.32 Å². The standard InChI is InChI=1S/C12H16N2O2S/c1-17-12-6-5-10(8-12)13-9-3-2-4-11(7-9)14(15)16/h2-4,7,10,12-13H,5-6,8H2,1H3. The fourth-order valence-electron chi connectivity index (χ4n) is 2.23. The summed E-state index contributed by atoms with van der Waals surface area (Å²) in [7, 11) is 0. The summed E-state index contributed by atoms with van der Waals surface area (Å²) in [4.78, 5) is 10.3. The molecule has 0 aromatic heterocycles. The first kappa shape index (κ1) is 12.2. The van der Waals surface area contributed by atoms with Gasteiger partial charge in [-0.15, -0.1) is 0 Å². The highest BCUT2D eigenvalue weighted by Crippen LogP contribution is 2.30. The van der Waals surface area contributed by atoms with Gasteiger partial charge in [0.05, 0.1) is 4.92 Å². The third-order valence-corrected chi connectivity index (χ3v) is 4.24. The normalized spacial score (nSPS) is 23.6. The van der Waals surface area contributed by atoms with Crippen LogP contribution in [-0.4, -0.2) is 22.5 Å². The van der Waals surface area contributed by atoms with E-state index < -0.39 is 0 Å². The Morgan fingerprint density at radius 1 is 1.47 bits per heavy atom. The van der Waals surface area contributed by atoms with Gasteiger partial charge in [0, 0.05) is 29.1 Å². The molecule has 2 atom stereocenters. The van der Waals surface area contributed by atoms with Gasteiger partial charge in [-0.2, -0.15) is 11.8 Å². The summed E-state index contributed by atoms with van der Waals surface area (Å²) >= 11 is 1.91. The minimum Gasteiger partial charge on any atom is -0.382 e. The molecule has 0 saturated heterocycles. The van der Waals surface area contributed by atoms with Crippen molar-refractivity contribution >= 4 is 23.1 Å². The van der Waals surface area contributed by atoms with Crippen molar-refractivity contribution < 1.29 is 4.92 Å². The molecule has 2 unspecified atom stereocenters. The molecule has 1 saturated carbocycles. The van der Waals surface area contributed by atoms with Crippen LogP contribution in [0.3, 0.4) is 0 Å². The number of nitrogens with one attached hydrogen (secondary N) is 1. The Bertz CT molecular complexity index is 411. The molecule has 1 N–H and O–H groups in total. The summed E-state index contributed by atoms with van der Waals surface area (Å²) in [6.45, 7) is 0. The lowest BCUT2D eigenvalue weighted by molar-refractivity contribution is -0.384. The molecule has 4 nitrogen and oxygen atoms in total. The van der Waals surface area contributed by atoms with Crippen molar-refractivity contribution in [1.82, 2.24) is 0 Å². The van der Waals surface area contributed by atoms with Gasteiger partial charge in [-0.3, -0.25) is 10.1 Å². The van der Waals surface area contributed by atoms with Crippen molar-refractivity contribution in [2.45, 2.75) is 30.6 Å². The van der Waals surface area contributed by atoms with E-state index in [1.54, 1.807) is 12.1 Å². The zero-order valence-electron chi connectivity index (χ0n) is 9.76. The molecule has 17 heavy (non-hydrogen) atoms. The number of benzene rings is 1. The van der Waals surface area contributed by atoms with E-state index in [9.17, 15) is 10.1 Å². The van der Waals surface area contributed by atoms with Gasteiger partial charge in [-0.25, -0.2) is 0 Å². The number of non-ortho nitro benzene ring substituents is 1. The maximum Gasteiger partial charge on any atom is 0.271 e. The number of hydrogen-bond acceptors (Lipinski definition) is 4. The number of rotatable bonds is 4. The van der Waals surface area contributed by atoms with Gasteiger partial charge in [-0.1, -0.05) is 6.07 Å². The van der Waals surface area contributed by atoms with E-state index in [2.05, 4.69) is 11.6 Å². The summed E-state index contributed by atoms with van der Waals surface area (Å²) in [5.41, 5.74) is 1.00. The molecule has 1 aromatic rings. The summed E-state index contributed by atoms with van der Waals surface area (Å²) < 4.78 is 0. The van der Waals surface area contributed by atoms with Crippen molar-refractivity contribution in [2.24, 2.45) is 0 Å². The second-order valence-corrected chi connectivity index (χ2v) is 5.46.